The van der Waals surface area contributed by atoms with Crippen molar-refractivity contribution in [3.05, 3.63) is 78.0 Å². The van der Waals surface area contributed by atoms with Crippen LogP contribution in [0.15, 0.2) is 65.5 Å². The van der Waals surface area contributed by atoms with Gasteiger partial charge in [0.1, 0.15) is 12.4 Å². The normalized spacial score (nSPS) is 10.3. The lowest BCUT2D eigenvalue weighted by Crippen LogP contribution is -2.22. The molecule has 2 aromatic heterocycles. The van der Waals surface area contributed by atoms with Crippen molar-refractivity contribution >= 4 is 5.91 Å². The predicted molar refractivity (Wildman–Crippen MR) is 96.1 cm³/mol. The van der Waals surface area contributed by atoms with E-state index >= 15 is 0 Å². The van der Waals surface area contributed by atoms with Gasteiger partial charge in [-0.05, 0) is 43.3 Å². The molecule has 3 rings (SSSR count). The molecule has 6 heteroatoms. The molecule has 0 aliphatic rings. The quantitative estimate of drug-likeness (QED) is 0.671. The average Bonchev–Trinajstić information content (AvgIpc) is 3.20. The maximum atomic E-state index is 12.3. The van der Waals surface area contributed by atoms with Gasteiger partial charge < -0.3 is 19.2 Å². The van der Waals surface area contributed by atoms with Crippen molar-refractivity contribution in [2.75, 3.05) is 6.61 Å². The van der Waals surface area contributed by atoms with Crippen LogP contribution in [0.1, 0.15) is 28.6 Å². The highest BCUT2D eigenvalue weighted by Crippen LogP contribution is 2.29. The van der Waals surface area contributed by atoms with Crippen LogP contribution in [0.5, 0.6) is 11.5 Å². The van der Waals surface area contributed by atoms with Crippen LogP contribution < -0.4 is 14.8 Å². The second-order valence-corrected chi connectivity index (χ2v) is 5.51. The number of carbonyl (C=O) groups is 1. The molecule has 0 atom stereocenters. The smallest absolute Gasteiger partial charge is 0.251 e. The lowest BCUT2D eigenvalue weighted by atomic mass is 10.2. The third-order valence-electron chi connectivity index (χ3n) is 3.63. The Labute approximate surface area is 151 Å². The van der Waals surface area contributed by atoms with E-state index in [1.807, 2.05) is 19.1 Å². The summed E-state index contributed by atoms with van der Waals surface area (Å²) in [5.41, 5.74) is 1.45. The van der Waals surface area contributed by atoms with Gasteiger partial charge in [0.15, 0.2) is 11.5 Å². The predicted octanol–water partition coefficient (Wildman–Crippen LogP) is 3.58. The van der Waals surface area contributed by atoms with Gasteiger partial charge in [-0.25, -0.2) is 0 Å². The minimum absolute atomic E-state index is 0.207. The molecule has 26 heavy (non-hydrogen) atoms. The first-order valence-electron chi connectivity index (χ1n) is 8.35. The fraction of sp³-hybridized carbons (Fsp3) is 0.200. The maximum absolute atomic E-state index is 12.3. The Kier molecular flexibility index (Phi) is 5.88. The minimum atomic E-state index is -0.207. The van der Waals surface area contributed by atoms with Gasteiger partial charge in [0.25, 0.3) is 5.91 Å². The summed E-state index contributed by atoms with van der Waals surface area (Å²) in [5.74, 6) is 1.60. The van der Waals surface area contributed by atoms with E-state index in [1.165, 1.54) is 0 Å². The largest absolute Gasteiger partial charge is 0.490 e. The van der Waals surface area contributed by atoms with Crippen LogP contribution in [-0.2, 0) is 13.2 Å². The van der Waals surface area contributed by atoms with Crippen LogP contribution in [0.3, 0.4) is 0 Å². The zero-order valence-corrected chi connectivity index (χ0v) is 14.5. The number of rotatable bonds is 8. The lowest BCUT2D eigenvalue weighted by molar-refractivity contribution is 0.0947. The summed E-state index contributed by atoms with van der Waals surface area (Å²) in [6.45, 7) is 3.06. The van der Waals surface area contributed by atoms with E-state index in [0.29, 0.717) is 42.6 Å². The van der Waals surface area contributed by atoms with Crippen molar-refractivity contribution in [2.45, 2.75) is 20.1 Å². The van der Waals surface area contributed by atoms with Gasteiger partial charge in [0, 0.05) is 23.5 Å². The summed E-state index contributed by atoms with van der Waals surface area (Å²) in [7, 11) is 0. The lowest BCUT2D eigenvalue weighted by Gasteiger charge is -2.13. The van der Waals surface area contributed by atoms with Gasteiger partial charge in [-0.2, -0.15) is 0 Å². The number of aromatic nitrogens is 1. The van der Waals surface area contributed by atoms with Crippen LogP contribution >= 0.6 is 0 Å². The molecule has 0 radical (unpaired) electrons. The maximum Gasteiger partial charge on any atom is 0.251 e. The Morgan fingerprint density at radius 1 is 1.15 bits per heavy atom. The van der Waals surface area contributed by atoms with Gasteiger partial charge in [-0.3, -0.25) is 9.78 Å². The van der Waals surface area contributed by atoms with Crippen molar-refractivity contribution in [2.24, 2.45) is 0 Å². The first-order chi connectivity index (χ1) is 12.8. The topological polar surface area (TPSA) is 73.6 Å². The molecule has 2 heterocycles. The molecule has 6 nitrogen and oxygen atoms in total. The number of carbonyl (C=O) groups excluding carboxylic acids is 1. The summed E-state index contributed by atoms with van der Waals surface area (Å²) < 4.78 is 16.7. The number of furan rings is 1. The second kappa shape index (κ2) is 8.71. The van der Waals surface area contributed by atoms with Gasteiger partial charge in [0.05, 0.1) is 19.4 Å². The van der Waals surface area contributed by atoms with E-state index in [-0.39, 0.29) is 5.91 Å². The Bertz CT molecular complexity index is 832. The molecule has 0 spiro atoms. The van der Waals surface area contributed by atoms with E-state index in [2.05, 4.69) is 10.3 Å². The molecule has 1 N–H and O–H groups in total. The molecule has 0 unspecified atom stereocenters. The van der Waals surface area contributed by atoms with Gasteiger partial charge in [-0.1, -0.05) is 6.07 Å². The number of benzene rings is 1. The molecule has 0 fully saturated rings. The number of hydrogen-bond donors (Lipinski definition) is 1. The number of ether oxygens (including phenoxy) is 2. The van der Waals surface area contributed by atoms with E-state index in [4.69, 9.17) is 13.9 Å². The molecular weight excluding hydrogens is 332 g/mol. The molecule has 0 bridgehead atoms. The fourth-order valence-corrected chi connectivity index (χ4v) is 2.36. The van der Waals surface area contributed by atoms with E-state index in [0.717, 1.165) is 5.56 Å². The molecule has 1 amide bonds. The van der Waals surface area contributed by atoms with Crippen LogP contribution in [0.2, 0.25) is 0 Å². The first kappa shape index (κ1) is 17.5. The van der Waals surface area contributed by atoms with E-state index in [1.54, 1.807) is 49.0 Å². The molecule has 3 aromatic rings. The third kappa shape index (κ3) is 4.63. The van der Waals surface area contributed by atoms with Crippen molar-refractivity contribution in [3.8, 4) is 11.5 Å². The molecule has 0 aliphatic carbocycles. The number of nitrogens with zero attached hydrogens (tertiary/aromatic N) is 1. The van der Waals surface area contributed by atoms with E-state index in [9.17, 15) is 4.79 Å². The van der Waals surface area contributed by atoms with Crippen molar-refractivity contribution < 1.29 is 18.7 Å². The number of pyridine rings is 1. The van der Waals surface area contributed by atoms with Crippen LogP contribution in [0.25, 0.3) is 0 Å². The summed E-state index contributed by atoms with van der Waals surface area (Å²) in [5, 5.41) is 2.81. The second-order valence-electron chi connectivity index (χ2n) is 5.51. The highest BCUT2D eigenvalue weighted by molar-refractivity contribution is 5.94. The number of nitrogens with one attached hydrogen (secondary N) is 1. The third-order valence-corrected chi connectivity index (χ3v) is 3.63. The fourth-order valence-electron chi connectivity index (χ4n) is 2.36. The first-order valence-corrected chi connectivity index (χ1v) is 8.35. The summed E-state index contributed by atoms with van der Waals surface area (Å²) in [6, 6.07) is 12.5. The van der Waals surface area contributed by atoms with Gasteiger partial charge in [0.2, 0.25) is 0 Å². The molecule has 0 aliphatic heterocycles. The van der Waals surface area contributed by atoms with Crippen molar-refractivity contribution in [1.29, 1.82) is 0 Å². The molecular formula is C20H20N2O4. The van der Waals surface area contributed by atoms with Crippen LogP contribution in [0, 0.1) is 0 Å². The highest BCUT2D eigenvalue weighted by atomic mass is 16.5. The van der Waals surface area contributed by atoms with Gasteiger partial charge in [-0.15, -0.1) is 0 Å². The Morgan fingerprint density at radius 2 is 2.08 bits per heavy atom. The Morgan fingerprint density at radius 3 is 2.81 bits per heavy atom. The number of amides is 1. The minimum Gasteiger partial charge on any atom is -0.490 e. The molecule has 0 saturated heterocycles. The van der Waals surface area contributed by atoms with Crippen LogP contribution in [0.4, 0.5) is 0 Å². The summed E-state index contributed by atoms with van der Waals surface area (Å²) in [6.07, 6.45) is 5.03. The van der Waals surface area contributed by atoms with Crippen molar-refractivity contribution in [1.82, 2.24) is 10.3 Å². The monoisotopic (exact) mass is 352 g/mol. The average molecular weight is 352 g/mol. The van der Waals surface area contributed by atoms with Gasteiger partial charge >= 0.3 is 0 Å². The SMILES string of the molecule is CCOc1cc(C(=O)NCc2ccco2)ccc1OCc1cccnc1. The highest BCUT2D eigenvalue weighted by Gasteiger charge is 2.12. The Balaban J connectivity index is 1.68. The zero-order chi connectivity index (χ0) is 18.2. The zero-order valence-electron chi connectivity index (χ0n) is 14.5. The van der Waals surface area contributed by atoms with E-state index < -0.39 is 0 Å². The molecule has 0 saturated carbocycles. The molecule has 134 valence electrons. The number of hydrogen-bond acceptors (Lipinski definition) is 5. The summed E-state index contributed by atoms with van der Waals surface area (Å²) in [4.78, 5) is 16.4. The van der Waals surface area contributed by atoms with Crippen LogP contribution in [-0.4, -0.2) is 17.5 Å². The standard InChI is InChI=1S/C20H20N2O4/c1-2-24-19-11-16(20(23)22-13-17-6-4-10-25-17)7-8-18(19)26-14-15-5-3-9-21-12-15/h3-12H,2,13-14H2,1H3,(H,22,23). The molecule has 1 aromatic carbocycles. The van der Waals surface area contributed by atoms with Crippen molar-refractivity contribution in [3.63, 3.8) is 0 Å². The Hall–Kier alpha value is -3.28. The summed E-state index contributed by atoms with van der Waals surface area (Å²) >= 11 is 0.